The van der Waals surface area contributed by atoms with Crippen molar-refractivity contribution < 1.29 is 32.6 Å². The van der Waals surface area contributed by atoms with Crippen molar-refractivity contribution in [2.75, 3.05) is 24.6 Å². The molecule has 12 nitrogen and oxygen atoms in total. The molecule has 15 heteroatoms. The average molecular weight is 544 g/mol. The normalized spacial score (nSPS) is 18.0. The van der Waals surface area contributed by atoms with E-state index >= 15 is 0 Å². The number of aliphatic hydroxyl groups is 1. The first-order valence-corrected chi connectivity index (χ1v) is 11.9. The molecule has 3 aromatic heterocycles. The van der Waals surface area contributed by atoms with Crippen LogP contribution in [0.5, 0.6) is 0 Å². The fraction of sp³-hybridized carbons (Fsp3) is 0.333. The molecule has 1 aliphatic rings. The second kappa shape index (κ2) is 9.65. The highest BCUT2D eigenvalue weighted by atomic mass is 19.4. The summed E-state index contributed by atoms with van der Waals surface area (Å²) >= 11 is 0. The van der Waals surface area contributed by atoms with Crippen LogP contribution in [0.15, 0.2) is 49.1 Å². The van der Waals surface area contributed by atoms with E-state index in [1.54, 1.807) is 6.20 Å². The molecule has 1 aliphatic heterocycles. The van der Waals surface area contributed by atoms with Gasteiger partial charge in [-0.2, -0.15) is 23.4 Å². The third-order valence-corrected chi connectivity index (χ3v) is 6.50. The molecule has 0 spiro atoms. The number of halogens is 3. The minimum Gasteiger partial charge on any atom is -0.429 e. The van der Waals surface area contributed by atoms with E-state index < -0.39 is 43.0 Å². The summed E-state index contributed by atoms with van der Waals surface area (Å²) in [4.78, 5) is 36.2. The van der Waals surface area contributed by atoms with Crippen LogP contribution in [-0.2, 0) is 9.53 Å². The van der Waals surface area contributed by atoms with Crippen molar-refractivity contribution in [3.63, 3.8) is 0 Å². The number of aromatic nitrogens is 6. The maximum Gasteiger partial charge on any atom is 0.491 e. The molecule has 1 aromatic carbocycles. The number of anilines is 1. The lowest BCUT2D eigenvalue weighted by Gasteiger charge is -2.38. The van der Waals surface area contributed by atoms with Crippen LogP contribution in [0.3, 0.4) is 0 Å². The Morgan fingerprint density at radius 3 is 2.54 bits per heavy atom. The Balaban J connectivity index is 1.59. The molecule has 1 fully saturated rings. The zero-order valence-electron chi connectivity index (χ0n) is 20.8. The van der Waals surface area contributed by atoms with E-state index in [0.717, 1.165) is 20.9 Å². The highest BCUT2D eigenvalue weighted by Crippen LogP contribution is 2.40. The van der Waals surface area contributed by atoms with Gasteiger partial charge in [-0.05, 0) is 11.6 Å². The van der Waals surface area contributed by atoms with Gasteiger partial charge in [0.05, 0.1) is 19.3 Å². The Hall–Kier alpha value is -4.53. The number of fused-ring (bicyclic) bond motifs is 1. The minimum atomic E-state index is -5.28. The van der Waals surface area contributed by atoms with E-state index in [1.807, 2.05) is 24.3 Å². The SMILES string of the molecule is CC(C)[C@]1(OC(=O)C(F)(F)F)CN(CCO)C(=O)N1c1ccn2ncc(-c3ccc(-c4ncn[nH]4)cc3)c2n1. The lowest BCUT2D eigenvalue weighted by Crippen LogP contribution is -2.56. The van der Waals surface area contributed by atoms with Gasteiger partial charge in [0.25, 0.3) is 0 Å². The highest BCUT2D eigenvalue weighted by Gasteiger charge is 2.59. The highest BCUT2D eigenvalue weighted by molar-refractivity contribution is 5.96. The van der Waals surface area contributed by atoms with Gasteiger partial charge in [0.15, 0.2) is 11.5 Å². The molecule has 0 unspecified atom stereocenters. The number of urea groups is 1. The molecule has 4 heterocycles. The van der Waals surface area contributed by atoms with Crippen molar-refractivity contribution in [3.8, 4) is 22.5 Å². The number of nitrogens with zero attached hydrogens (tertiary/aromatic N) is 7. The van der Waals surface area contributed by atoms with Crippen LogP contribution in [0.4, 0.5) is 23.8 Å². The number of carbonyl (C=O) groups excluding carboxylic acids is 2. The van der Waals surface area contributed by atoms with Crippen molar-refractivity contribution >= 4 is 23.5 Å². The van der Waals surface area contributed by atoms with Gasteiger partial charge in [-0.3, -0.25) is 5.10 Å². The molecule has 39 heavy (non-hydrogen) atoms. The monoisotopic (exact) mass is 544 g/mol. The molecule has 1 saturated heterocycles. The van der Waals surface area contributed by atoms with Crippen LogP contribution >= 0.6 is 0 Å². The van der Waals surface area contributed by atoms with Gasteiger partial charge in [0.2, 0.25) is 5.72 Å². The topological polar surface area (TPSA) is 142 Å². The number of nitrogens with one attached hydrogen (secondary N) is 1. The number of aromatic amines is 1. The Morgan fingerprint density at radius 1 is 1.21 bits per heavy atom. The maximum atomic E-state index is 13.4. The number of alkyl halides is 3. The summed E-state index contributed by atoms with van der Waals surface area (Å²) in [6.07, 6.45) is -0.819. The summed E-state index contributed by atoms with van der Waals surface area (Å²) in [7, 11) is 0. The molecule has 5 rings (SSSR count). The number of benzene rings is 1. The van der Waals surface area contributed by atoms with Crippen molar-refractivity contribution in [2.24, 2.45) is 5.92 Å². The molecule has 2 amide bonds. The van der Waals surface area contributed by atoms with Gasteiger partial charge >= 0.3 is 18.2 Å². The third kappa shape index (κ3) is 4.54. The lowest BCUT2D eigenvalue weighted by atomic mass is 9.98. The Kier molecular flexibility index (Phi) is 6.46. The van der Waals surface area contributed by atoms with Crippen LogP contribution in [0, 0.1) is 5.92 Å². The molecule has 0 aliphatic carbocycles. The van der Waals surface area contributed by atoms with Gasteiger partial charge < -0.3 is 14.7 Å². The fourth-order valence-corrected chi connectivity index (χ4v) is 4.50. The van der Waals surface area contributed by atoms with Crippen molar-refractivity contribution in [1.82, 2.24) is 34.7 Å². The first-order chi connectivity index (χ1) is 18.5. The number of hydrogen-bond donors (Lipinski definition) is 2. The summed E-state index contributed by atoms with van der Waals surface area (Å²) in [5, 5.41) is 20.3. The van der Waals surface area contributed by atoms with Crippen LogP contribution < -0.4 is 4.90 Å². The van der Waals surface area contributed by atoms with E-state index in [-0.39, 0.29) is 12.4 Å². The molecule has 1 atom stereocenters. The van der Waals surface area contributed by atoms with Crippen LogP contribution in [0.2, 0.25) is 0 Å². The molecule has 0 radical (unpaired) electrons. The quantitative estimate of drug-likeness (QED) is 0.338. The summed E-state index contributed by atoms with van der Waals surface area (Å²) < 4.78 is 46.3. The number of aliphatic hydroxyl groups excluding tert-OH is 1. The molecule has 204 valence electrons. The van der Waals surface area contributed by atoms with E-state index in [0.29, 0.717) is 17.0 Å². The summed E-state index contributed by atoms with van der Waals surface area (Å²) in [6.45, 7) is 2.06. The van der Waals surface area contributed by atoms with Crippen molar-refractivity contribution in [3.05, 3.63) is 49.1 Å². The molecular formula is C24H23F3N8O4. The molecular weight excluding hydrogens is 521 g/mol. The number of ether oxygens (including phenoxy) is 1. The lowest BCUT2D eigenvalue weighted by molar-refractivity contribution is -0.216. The van der Waals surface area contributed by atoms with Crippen molar-refractivity contribution in [2.45, 2.75) is 25.7 Å². The Morgan fingerprint density at radius 2 is 1.92 bits per heavy atom. The zero-order valence-corrected chi connectivity index (χ0v) is 20.8. The number of rotatable bonds is 7. The number of esters is 1. The summed E-state index contributed by atoms with van der Waals surface area (Å²) in [5.74, 6) is -2.67. The molecule has 2 N–H and O–H groups in total. The summed E-state index contributed by atoms with van der Waals surface area (Å²) in [6, 6.07) is 7.91. The predicted octanol–water partition coefficient (Wildman–Crippen LogP) is 2.87. The van der Waals surface area contributed by atoms with Gasteiger partial charge in [-0.25, -0.2) is 29.0 Å². The number of amides is 2. The number of β-amino-alcohol motifs (C(OH)–C–C–N with tert-alkyl or cyclic N) is 1. The van der Waals surface area contributed by atoms with Crippen LogP contribution in [0.25, 0.3) is 28.2 Å². The second-order valence-electron chi connectivity index (χ2n) is 9.17. The van der Waals surface area contributed by atoms with E-state index in [9.17, 15) is 27.9 Å². The average Bonchev–Trinajstić information content (AvgIpc) is 3.63. The van der Waals surface area contributed by atoms with Gasteiger partial charge in [-0.15, -0.1) is 0 Å². The molecule has 0 saturated carbocycles. The molecule has 4 aromatic rings. The van der Waals surface area contributed by atoms with Crippen LogP contribution in [-0.4, -0.2) is 83.4 Å². The second-order valence-corrected chi connectivity index (χ2v) is 9.17. The van der Waals surface area contributed by atoms with Gasteiger partial charge in [-0.1, -0.05) is 38.1 Å². The number of carbonyl (C=O) groups is 2. The number of H-pyrrole nitrogens is 1. The fourth-order valence-electron chi connectivity index (χ4n) is 4.50. The molecule has 0 bridgehead atoms. The Labute approximate surface area is 219 Å². The van der Waals surface area contributed by atoms with E-state index in [1.165, 1.54) is 37.0 Å². The van der Waals surface area contributed by atoms with E-state index in [2.05, 4.69) is 25.3 Å². The maximum absolute atomic E-state index is 13.4. The van der Waals surface area contributed by atoms with E-state index in [4.69, 9.17) is 4.74 Å². The minimum absolute atomic E-state index is 0.0448. The summed E-state index contributed by atoms with van der Waals surface area (Å²) in [5.41, 5.74) is 0.381. The zero-order chi connectivity index (χ0) is 27.9. The number of hydrogen-bond acceptors (Lipinski definition) is 8. The van der Waals surface area contributed by atoms with Gasteiger partial charge in [0, 0.05) is 29.8 Å². The van der Waals surface area contributed by atoms with Crippen LogP contribution in [0.1, 0.15) is 13.8 Å². The smallest absolute Gasteiger partial charge is 0.429 e. The van der Waals surface area contributed by atoms with Crippen molar-refractivity contribution in [1.29, 1.82) is 0 Å². The predicted molar refractivity (Wildman–Crippen MR) is 130 cm³/mol. The standard InChI is InChI=1S/C24H23F3N8O4/c1-14(2)23(39-21(37)24(25,26)27)12-33(9-10-36)22(38)35(23)18-7-8-34-20(31-18)17(11-30-34)15-3-5-16(6-4-15)19-28-13-29-32-19/h3-8,11,13-14,36H,9-10,12H2,1-2H3,(H,28,29,32)/t23-/m1/s1. The first kappa shape index (κ1) is 26.1. The Bertz CT molecular complexity index is 1500. The largest absolute Gasteiger partial charge is 0.491 e. The first-order valence-electron chi connectivity index (χ1n) is 11.9. The third-order valence-electron chi connectivity index (χ3n) is 6.50. The van der Waals surface area contributed by atoms with Gasteiger partial charge in [0.1, 0.15) is 12.1 Å².